The van der Waals surface area contributed by atoms with Gasteiger partial charge in [0.25, 0.3) is 5.56 Å². The van der Waals surface area contributed by atoms with Crippen LogP contribution in [-0.2, 0) is 16.1 Å². The first-order chi connectivity index (χ1) is 8.58. The van der Waals surface area contributed by atoms with Gasteiger partial charge in [-0.1, -0.05) is 6.07 Å². The zero-order valence-corrected chi connectivity index (χ0v) is 9.74. The summed E-state index contributed by atoms with van der Waals surface area (Å²) in [6.07, 6.45) is 0.691. The Kier molecular flexibility index (Phi) is 3.38. The quantitative estimate of drug-likeness (QED) is 0.860. The van der Waals surface area contributed by atoms with Crippen molar-refractivity contribution in [2.45, 2.75) is 19.6 Å². The molecule has 18 heavy (non-hydrogen) atoms. The molecule has 0 unspecified atom stereocenters. The fraction of sp³-hybridized carbons (Fsp3) is 0.250. The summed E-state index contributed by atoms with van der Waals surface area (Å²) in [7, 11) is 0. The van der Waals surface area contributed by atoms with Crippen molar-refractivity contribution in [2.75, 3.05) is 0 Å². The van der Waals surface area contributed by atoms with Gasteiger partial charge in [0.15, 0.2) is 6.10 Å². The number of hydrogen-bond acceptors (Lipinski definition) is 4. The van der Waals surface area contributed by atoms with E-state index in [2.05, 4.69) is 4.98 Å². The largest absolute Gasteiger partial charge is 0.479 e. The lowest BCUT2D eigenvalue weighted by Crippen LogP contribution is -2.21. The summed E-state index contributed by atoms with van der Waals surface area (Å²) in [6.45, 7) is 1.42. The van der Waals surface area contributed by atoms with Crippen molar-refractivity contribution < 1.29 is 14.6 Å². The van der Waals surface area contributed by atoms with Gasteiger partial charge >= 0.3 is 5.97 Å². The number of pyridine rings is 1. The van der Waals surface area contributed by atoms with Crippen LogP contribution >= 0.6 is 0 Å². The molecule has 0 saturated carbocycles. The second-order valence-corrected chi connectivity index (χ2v) is 3.81. The van der Waals surface area contributed by atoms with Crippen molar-refractivity contribution in [3.63, 3.8) is 0 Å². The van der Waals surface area contributed by atoms with E-state index in [-0.39, 0.29) is 12.2 Å². The highest BCUT2D eigenvalue weighted by molar-refractivity contribution is 5.71. The highest BCUT2D eigenvalue weighted by Gasteiger charge is 2.11. The molecule has 0 bridgehead atoms. The molecule has 0 aliphatic rings. The van der Waals surface area contributed by atoms with Crippen LogP contribution in [0.4, 0.5) is 0 Å². The van der Waals surface area contributed by atoms with Crippen LogP contribution in [0.1, 0.15) is 12.6 Å². The Labute approximate surface area is 102 Å². The molecule has 0 fully saturated rings. The maximum Gasteiger partial charge on any atom is 0.332 e. The van der Waals surface area contributed by atoms with E-state index in [0.717, 1.165) is 0 Å². The van der Waals surface area contributed by atoms with Crippen molar-refractivity contribution in [1.82, 2.24) is 9.38 Å². The number of fused-ring (bicyclic) bond motifs is 1. The molecule has 2 aromatic heterocycles. The average Bonchev–Trinajstić information content (AvgIpc) is 2.36. The number of rotatable bonds is 4. The van der Waals surface area contributed by atoms with Gasteiger partial charge in [0.2, 0.25) is 0 Å². The number of carboxylic acid groups (broad SMARTS) is 1. The normalized spacial score (nSPS) is 12.5. The van der Waals surface area contributed by atoms with Crippen LogP contribution in [0.15, 0.2) is 35.3 Å². The first-order valence-electron chi connectivity index (χ1n) is 5.39. The fourth-order valence-corrected chi connectivity index (χ4v) is 1.46. The lowest BCUT2D eigenvalue weighted by Gasteiger charge is -2.08. The maximum atomic E-state index is 11.7. The molecule has 0 radical (unpaired) electrons. The minimum absolute atomic E-state index is 0.00585. The molecule has 2 aromatic rings. The van der Waals surface area contributed by atoms with E-state index in [4.69, 9.17) is 9.84 Å². The second kappa shape index (κ2) is 4.97. The number of carboxylic acids is 1. The third kappa shape index (κ3) is 2.54. The monoisotopic (exact) mass is 248 g/mol. The number of hydrogen-bond donors (Lipinski definition) is 1. The molecule has 2 heterocycles. The van der Waals surface area contributed by atoms with Crippen molar-refractivity contribution in [1.29, 1.82) is 0 Å². The second-order valence-electron chi connectivity index (χ2n) is 3.81. The van der Waals surface area contributed by atoms with E-state index in [1.807, 2.05) is 0 Å². The number of aliphatic carboxylic acids is 1. The van der Waals surface area contributed by atoms with Crippen molar-refractivity contribution in [3.8, 4) is 0 Å². The smallest absolute Gasteiger partial charge is 0.332 e. The molecule has 6 nitrogen and oxygen atoms in total. The van der Waals surface area contributed by atoms with E-state index >= 15 is 0 Å². The molecule has 2 rings (SSSR count). The van der Waals surface area contributed by atoms with Crippen LogP contribution in [0.5, 0.6) is 0 Å². The zero-order valence-electron chi connectivity index (χ0n) is 9.74. The predicted octanol–water partition coefficient (Wildman–Crippen LogP) is 0.684. The van der Waals surface area contributed by atoms with Gasteiger partial charge < -0.3 is 9.84 Å². The highest BCUT2D eigenvalue weighted by atomic mass is 16.5. The summed E-state index contributed by atoms with van der Waals surface area (Å²) >= 11 is 0. The molecule has 0 saturated heterocycles. The van der Waals surface area contributed by atoms with E-state index < -0.39 is 12.1 Å². The first kappa shape index (κ1) is 12.3. The molecular weight excluding hydrogens is 236 g/mol. The van der Waals surface area contributed by atoms with E-state index in [0.29, 0.717) is 11.3 Å². The van der Waals surface area contributed by atoms with Crippen LogP contribution < -0.4 is 5.56 Å². The van der Waals surface area contributed by atoms with Crippen LogP contribution in [0.3, 0.4) is 0 Å². The topological polar surface area (TPSA) is 80.9 Å². The third-order valence-electron chi connectivity index (χ3n) is 2.45. The van der Waals surface area contributed by atoms with Crippen LogP contribution in [0, 0.1) is 0 Å². The Morgan fingerprint density at radius 2 is 2.33 bits per heavy atom. The number of aromatic nitrogens is 2. The molecule has 0 spiro atoms. The van der Waals surface area contributed by atoms with E-state index in [9.17, 15) is 9.59 Å². The Morgan fingerprint density at radius 3 is 3.06 bits per heavy atom. The molecule has 94 valence electrons. The van der Waals surface area contributed by atoms with Crippen molar-refractivity contribution in [2.24, 2.45) is 0 Å². The van der Waals surface area contributed by atoms with Gasteiger partial charge in [0.05, 0.1) is 12.3 Å². The van der Waals surface area contributed by atoms with Gasteiger partial charge in [-0.15, -0.1) is 0 Å². The lowest BCUT2D eigenvalue weighted by atomic mass is 10.3. The minimum atomic E-state index is -1.05. The fourth-order valence-electron chi connectivity index (χ4n) is 1.46. The summed E-state index contributed by atoms with van der Waals surface area (Å²) in [5.41, 5.74) is 0.702. The minimum Gasteiger partial charge on any atom is -0.479 e. The standard InChI is InChI=1S/C12H12N2O4/c1-8(12(16)17)18-7-9-6-11(15)14-5-3-2-4-10(14)13-9/h2-6,8H,7H2,1H3,(H,16,17)/t8-/m0/s1. The molecule has 0 aromatic carbocycles. The van der Waals surface area contributed by atoms with Gasteiger partial charge in [-0.05, 0) is 19.1 Å². The Bertz CT molecular complexity index is 635. The van der Waals surface area contributed by atoms with E-state index in [1.165, 1.54) is 17.4 Å². The average molecular weight is 248 g/mol. The summed E-state index contributed by atoms with van der Waals surface area (Å²) in [5.74, 6) is -1.05. The van der Waals surface area contributed by atoms with Crippen molar-refractivity contribution in [3.05, 3.63) is 46.5 Å². The van der Waals surface area contributed by atoms with Crippen LogP contribution in [0.2, 0.25) is 0 Å². The highest BCUT2D eigenvalue weighted by Crippen LogP contribution is 2.02. The van der Waals surface area contributed by atoms with Crippen LogP contribution in [0.25, 0.3) is 5.65 Å². The SMILES string of the molecule is C[C@H](OCc1cc(=O)n2ccccc2n1)C(=O)O. The predicted molar refractivity (Wildman–Crippen MR) is 63.3 cm³/mol. The zero-order chi connectivity index (χ0) is 13.1. The van der Waals surface area contributed by atoms with Gasteiger partial charge in [-0.25, -0.2) is 9.78 Å². The molecule has 6 heteroatoms. The van der Waals surface area contributed by atoms with Gasteiger partial charge in [-0.2, -0.15) is 0 Å². The lowest BCUT2D eigenvalue weighted by molar-refractivity contribution is -0.149. The summed E-state index contributed by atoms with van der Waals surface area (Å²) in [4.78, 5) is 26.5. The molecule has 1 N–H and O–H groups in total. The molecule has 1 atom stereocenters. The van der Waals surface area contributed by atoms with Gasteiger partial charge in [0, 0.05) is 12.3 Å². The van der Waals surface area contributed by atoms with Gasteiger partial charge in [-0.3, -0.25) is 9.20 Å². The molecule has 0 amide bonds. The number of ether oxygens (including phenoxy) is 1. The Hall–Kier alpha value is -2.21. The Morgan fingerprint density at radius 1 is 1.56 bits per heavy atom. The molecular formula is C12H12N2O4. The first-order valence-corrected chi connectivity index (χ1v) is 5.39. The maximum absolute atomic E-state index is 11.7. The van der Waals surface area contributed by atoms with Gasteiger partial charge in [0.1, 0.15) is 5.65 Å². The summed E-state index contributed by atoms with van der Waals surface area (Å²) in [6, 6.07) is 6.54. The third-order valence-corrected chi connectivity index (χ3v) is 2.45. The van der Waals surface area contributed by atoms with Crippen LogP contribution in [-0.4, -0.2) is 26.6 Å². The summed E-state index contributed by atoms with van der Waals surface area (Å²) in [5, 5.41) is 8.68. The van der Waals surface area contributed by atoms with E-state index in [1.54, 1.807) is 24.4 Å². The number of nitrogens with zero attached hydrogens (tertiary/aromatic N) is 2. The molecule has 0 aliphatic heterocycles. The molecule has 0 aliphatic carbocycles. The Balaban J connectivity index is 2.25. The number of carbonyl (C=O) groups is 1. The van der Waals surface area contributed by atoms with Crippen molar-refractivity contribution >= 4 is 11.6 Å². The summed E-state index contributed by atoms with van der Waals surface area (Å²) < 4.78 is 6.49.